The molecule has 2 heterocycles. The van der Waals surface area contributed by atoms with Crippen LogP contribution in [-0.2, 0) is 0 Å². The van der Waals surface area contributed by atoms with Crippen LogP contribution in [0.1, 0.15) is 25.0 Å². The van der Waals surface area contributed by atoms with Gasteiger partial charge in [0.25, 0.3) is 5.79 Å². The lowest BCUT2D eigenvalue weighted by molar-refractivity contribution is -0.0514. The summed E-state index contributed by atoms with van der Waals surface area (Å²) >= 11 is 0. The van der Waals surface area contributed by atoms with E-state index in [1.165, 1.54) is 0 Å². The van der Waals surface area contributed by atoms with E-state index in [9.17, 15) is 0 Å². The zero-order chi connectivity index (χ0) is 14.4. The van der Waals surface area contributed by atoms with Gasteiger partial charge in [0.15, 0.2) is 0 Å². The van der Waals surface area contributed by atoms with E-state index in [1.807, 2.05) is 36.4 Å². The first-order chi connectivity index (χ1) is 10.2. The number of rotatable bonds is 0. The molecular weight excluding hydrogens is 260 g/mol. The maximum atomic E-state index is 6.28. The molecule has 0 saturated heterocycles. The summed E-state index contributed by atoms with van der Waals surface area (Å²) in [6.07, 6.45) is 4.29. The molecule has 0 radical (unpaired) electrons. The first-order valence-electron chi connectivity index (χ1n) is 7.13. The van der Waals surface area contributed by atoms with Crippen LogP contribution in [0.2, 0.25) is 0 Å². The van der Waals surface area contributed by atoms with E-state index >= 15 is 0 Å². The molecule has 2 aromatic rings. The molecule has 0 bridgehead atoms. The SMILES string of the molecule is CC1=Cc2ccccc2OC12Oc1ccccc1C=C2C. The van der Waals surface area contributed by atoms with Gasteiger partial charge in [0.05, 0.1) is 0 Å². The molecule has 1 spiro atoms. The maximum absolute atomic E-state index is 6.28. The van der Waals surface area contributed by atoms with Gasteiger partial charge in [0.2, 0.25) is 0 Å². The second kappa shape index (κ2) is 4.26. The van der Waals surface area contributed by atoms with Gasteiger partial charge in [0, 0.05) is 22.3 Å². The molecule has 0 fully saturated rings. The summed E-state index contributed by atoms with van der Waals surface area (Å²) in [6, 6.07) is 16.1. The van der Waals surface area contributed by atoms with E-state index in [0.29, 0.717) is 0 Å². The third-order valence-electron chi connectivity index (χ3n) is 4.13. The quantitative estimate of drug-likeness (QED) is 0.696. The topological polar surface area (TPSA) is 18.5 Å². The molecule has 0 atom stereocenters. The molecular formula is C19H16O2. The Morgan fingerprint density at radius 2 is 1.10 bits per heavy atom. The van der Waals surface area contributed by atoms with Crippen molar-refractivity contribution in [1.29, 1.82) is 0 Å². The van der Waals surface area contributed by atoms with Gasteiger partial charge in [-0.05, 0) is 38.1 Å². The number of hydrogen-bond donors (Lipinski definition) is 0. The maximum Gasteiger partial charge on any atom is 0.297 e. The first-order valence-corrected chi connectivity index (χ1v) is 7.13. The van der Waals surface area contributed by atoms with Crippen LogP contribution in [0.5, 0.6) is 11.5 Å². The Labute approximate surface area is 124 Å². The number of benzene rings is 2. The van der Waals surface area contributed by atoms with Crippen molar-refractivity contribution in [3.05, 3.63) is 70.8 Å². The fourth-order valence-electron chi connectivity index (χ4n) is 3.01. The summed E-state index contributed by atoms with van der Waals surface area (Å²) in [4.78, 5) is 0. The van der Waals surface area contributed by atoms with Crippen LogP contribution < -0.4 is 9.47 Å². The van der Waals surface area contributed by atoms with Crippen molar-refractivity contribution in [2.24, 2.45) is 0 Å². The highest BCUT2D eigenvalue weighted by atomic mass is 16.7. The molecule has 21 heavy (non-hydrogen) atoms. The van der Waals surface area contributed by atoms with Gasteiger partial charge < -0.3 is 9.47 Å². The van der Waals surface area contributed by atoms with E-state index in [2.05, 4.69) is 38.1 Å². The normalized spacial score (nSPS) is 17.8. The molecule has 0 N–H and O–H groups in total. The molecule has 2 aliphatic rings. The summed E-state index contributed by atoms with van der Waals surface area (Å²) in [5.41, 5.74) is 4.31. The zero-order valence-electron chi connectivity index (χ0n) is 12.1. The van der Waals surface area contributed by atoms with Gasteiger partial charge in [-0.3, -0.25) is 0 Å². The van der Waals surface area contributed by atoms with E-state index in [4.69, 9.17) is 9.47 Å². The average Bonchev–Trinajstić information content (AvgIpc) is 2.49. The number of fused-ring (bicyclic) bond motifs is 2. The molecule has 0 saturated carbocycles. The van der Waals surface area contributed by atoms with Gasteiger partial charge in [-0.1, -0.05) is 36.4 Å². The fraction of sp³-hybridized carbons (Fsp3) is 0.158. The molecule has 2 aromatic carbocycles. The Bertz CT molecular complexity index is 716. The van der Waals surface area contributed by atoms with Crippen LogP contribution in [0.25, 0.3) is 12.2 Å². The minimum absolute atomic E-state index is 0.817. The van der Waals surface area contributed by atoms with Gasteiger partial charge in [-0.25, -0.2) is 0 Å². The van der Waals surface area contributed by atoms with E-state index in [-0.39, 0.29) is 0 Å². The van der Waals surface area contributed by atoms with Gasteiger partial charge in [-0.15, -0.1) is 0 Å². The van der Waals surface area contributed by atoms with Crippen molar-refractivity contribution < 1.29 is 9.47 Å². The number of ether oxygens (including phenoxy) is 2. The Kier molecular flexibility index (Phi) is 2.49. The predicted molar refractivity (Wildman–Crippen MR) is 84.2 cm³/mol. The summed E-state index contributed by atoms with van der Waals surface area (Å²) in [7, 11) is 0. The Morgan fingerprint density at radius 3 is 1.57 bits per heavy atom. The Balaban J connectivity index is 1.88. The minimum atomic E-state index is -0.817. The van der Waals surface area contributed by atoms with E-state index in [0.717, 1.165) is 33.8 Å². The van der Waals surface area contributed by atoms with Crippen molar-refractivity contribution in [2.75, 3.05) is 0 Å². The molecule has 0 unspecified atom stereocenters. The minimum Gasteiger partial charge on any atom is -0.444 e. The molecule has 0 aliphatic carbocycles. The highest BCUT2D eigenvalue weighted by molar-refractivity contribution is 5.71. The average molecular weight is 276 g/mol. The molecule has 104 valence electrons. The van der Waals surface area contributed by atoms with Gasteiger partial charge in [0.1, 0.15) is 11.5 Å². The monoisotopic (exact) mass is 276 g/mol. The Morgan fingerprint density at radius 1 is 0.667 bits per heavy atom. The van der Waals surface area contributed by atoms with Crippen LogP contribution in [0.4, 0.5) is 0 Å². The predicted octanol–water partition coefficient (Wildman–Crippen LogP) is 4.67. The van der Waals surface area contributed by atoms with Crippen molar-refractivity contribution in [1.82, 2.24) is 0 Å². The van der Waals surface area contributed by atoms with E-state index < -0.39 is 5.79 Å². The van der Waals surface area contributed by atoms with Gasteiger partial charge >= 0.3 is 0 Å². The van der Waals surface area contributed by atoms with E-state index in [1.54, 1.807) is 0 Å². The van der Waals surface area contributed by atoms with Crippen molar-refractivity contribution in [3.63, 3.8) is 0 Å². The number of hydrogen-bond acceptors (Lipinski definition) is 2. The second-order valence-electron chi connectivity index (χ2n) is 5.55. The summed E-state index contributed by atoms with van der Waals surface area (Å²) in [6.45, 7) is 4.11. The first kappa shape index (κ1) is 12.3. The third kappa shape index (κ3) is 1.72. The summed E-state index contributed by atoms with van der Waals surface area (Å²) < 4.78 is 12.6. The standard InChI is InChI=1S/C19H16O2/c1-13-11-15-7-3-5-9-17(15)20-19(13)14(2)12-16-8-4-6-10-18(16)21-19/h3-12H,1-2H3. The number of para-hydroxylation sites is 2. The van der Waals surface area contributed by atoms with Crippen LogP contribution >= 0.6 is 0 Å². The zero-order valence-corrected chi connectivity index (χ0v) is 12.1. The molecule has 4 rings (SSSR count). The smallest absolute Gasteiger partial charge is 0.297 e. The lowest BCUT2D eigenvalue weighted by atomic mass is 9.91. The van der Waals surface area contributed by atoms with Crippen LogP contribution in [0.15, 0.2) is 59.7 Å². The van der Waals surface area contributed by atoms with Crippen LogP contribution in [-0.4, -0.2) is 5.79 Å². The summed E-state index contributed by atoms with van der Waals surface area (Å²) in [5, 5.41) is 0. The van der Waals surface area contributed by atoms with Crippen molar-refractivity contribution in [3.8, 4) is 11.5 Å². The molecule has 0 amide bonds. The summed E-state index contributed by atoms with van der Waals surface area (Å²) in [5.74, 6) is 0.897. The third-order valence-corrected chi connectivity index (χ3v) is 4.13. The second-order valence-corrected chi connectivity index (χ2v) is 5.55. The van der Waals surface area contributed by atoms with Crippen LogP contribution in [0.3, 0.4) is 0 Å². The molecule has 2 nitrogen and oxygen atoms in total. The molecule has 0 aromatic heterocycles. The van der Waals surface area contributed by atoms with Crippen molar-refractivity contribution >= 4 is 12.2 Å². The van der Waals surface area contributed by atoms with Gasteiger partial charge in [-0.2, -0.15) is 0 Å². The molecule has 2 heteroatoms. The fourth-order valence-corrected chi connectivity index (χ4v) is 3.01. The lowest BCUT2D eigenvalue weighted by Gasteiger charge is -2.41. The highest BCUT2D eigenvalue weighted by Gasteiger charge is 2.44. The van der Waals surface area contributed by atoms with Crippen molar-refractivity contribution in [2.45, 2.75) is 19.6 Å². The van der Waals surface area contributed by atoms with Crippen LogP contribution in [0, 0.1) is 0 Å². The molecule has 2 aliphatic heterocycles. The lowest BCUT2D eigenvalue weighted by Crippen LogP contribution is -2.47. The largest absolute Gasteiger partial charge is 0.444 e. The highest BCUT2D eigenvalue weighted by Crippen LogP contribution is 2.44. The Hall–Kier alpha value is -2.48.